The van der Waals surface area contributed by atoms with Gasteiger partial charge in [0.15, 0.2) is 17.3 Å². The van der Waals surface area contributed by atoms with Gasteiger partial charge in [0.2, 0.25) is 0 Å². The summed E-state index contributed by atoms with van der Waals surface area (Å²) in [6.07, 6.45) is 2.53. The van der Waals surface area contributed by atoms with Crippen molar-refractivity contribution >= 4 is 5.91 Å². The summed E-state index contributed by atoms with van der Waals surface area (Å²) in [4.78, 5) is 19.4. The van der Waals surface area contributed by atoms with Crippen LogP contribution in [-0.2, 0) is 17.8 Å². The van der Waals surface area contributed by atoms with Gasteiger partial charge in [-0.25, -0.2) is 18.2 Å². The maximum Gasteiger partial charge on any atom is 0.271 e. The second-order valence-corrected chi connectivity index (χ2v) is 7.99. The van der Waals surface area contributed by atoms with Crippen LogP contribution in [-0.4, -0.2) is 53.7 Å². The Morgan fingerprint density at radius 2 is 1.90 bits per heavy atom. The van der Waals surface area contributed by atoms with Crippen molar-refractivity contribution in [3.63, 3.8) is 0 Å². The van der Waals surface area contributed by atoms with E-state index >= 15 is 0 Å². The number of carbonyl (C=O) groups excluding carboxylic acids is 1. The maximum atomic E-state index is 14.5. The highest BCUT2D eigenvalue weighted by molar-refractivity contribution is 5.94. The standard InChI is InChI=1S/C21H25F3N4O2/c1-27-5-2-6-28-18(12-27)19(21(29)25-11-13-3-7-30-8-4-13)26-20(28)14-9-16(23)17(24)10-15(14)22/h9-10,13H,2-8,11-12H2,1H3,(H,25,29). The summed E-state index contributed by atoms with van der Waals surface area (Å²) < 4.78 is 48.8. The van der Waals surface area contributed by atoms with Crippen LogP contribution in [0.25, 0.3) is 11.4 Å². The molecule has 2 aromatic rings. The molecule has 4 rings (SSSR count). The van der Waals surface area contributed by atoms with Crippen molar-refractivity contribution in [2.75, 3.05) is 33.4 Å². The lowest BCUT2D eigenvalue weighted by atomic mass is 10.0. The molecule has 0 unspecified atom stereocenters. The lowest BCUT2D eigenvalue weighted by molar-refractivity contribution is 0.0642. The Balaban J connectivity index is 1.68. The van der Waals surface area contributed by atoms with Crippen LogP contribution >= 0.6 is 0 Å². The molecule has 0 bridgehead atoms. The molecule has 1 fully saturated rings. The first-order valence-electron chi connectivity index (χ1n) is 10.2. The Morgan fingerprint density at radius 1 is 1.17 bits per heavy atom. The molecule has 0 radical (unpaired) electrons. The van der Waals surface area contributed by atoms with E-state index in [1.807, 2.05) is 7.05 Å². The van der Waals surface area contributed by atoms with E-state index in [4.69, 9.17) is 4.74 Å². The fraction of sp³-hybridized carbons (Fsp3) is 0.524. The highest BCUT2D eigenvalue weighted by Crippen LogP contribution is 2.29. The molecule has 0 spiro atoms. The first-order valence-corrected chi connectivity index (χ1v) is 10.2. The smallest absolute Gasteiger partial charge is 0.271 e. The van der Waals surface area contributed by atoms with E-state index in [0.717, 1.165) is 31.9 Å². The van der Waals surface area contributed by atoms with Gasteiger partial charge in [-0.2, -0.15) is 0 Å². The van der Waals surface area contributed by atoms with Crippen molar-refractivity contribution in [1.82, 2.24) is 19.8 Å². The van der Waals surface area contributed by atoms with Crippen molar-refractivity contribution in [2.24, 2.45) is 5.92 Å². The Hall–Kier alpha value is -2.39. The summed E-state index contributed by atoms with van der Waals surface area (Å²) in [5.74, 6) is -3.17. The first kappa shape index (κ1) is 20.9. The van der Waals surface area contributed by atoms with E-state index in [1.165, 1.54) is 0 Å². The van der Waals surface area contributed by atoms with Gasteiger partial charge in [0.05, 0.1) is 11.3 Å². The number of hydrogen-bond acceptors (Lipinski definition) is 4. The number of rotatable bonds is 4. The quantitative estimate of drug-likeness (QED) is 0.770. The number of fused-ring (bicyclic) bond motifs is 1. The molecule has 1 amide bonds. The molecule has 1 N–H and O–H groups in total. The molecule has 1 saturated heterocycles. The highest BCUT2D eigenvalue weighted by Gasteiger charge is 2.28. The zero-order valence-electron chi connectivity index (χ0n) is 16.9. The Labute approximate surface area is 173 Å². The third-order valence-corrected chi connectivity index (χ3v) is 5.77. The fourth-order valence-corrected chi connectivity index (χ4v) is 4.07. The van der Waals surface area contributed by atoms with Crippen molar-refractivity contribution in [3.8, 4) is 11.4 Å². The molecule has 2 aliphatic rings. The van der Waals surface area contributed by atoms with Gasteiger partial charge in [0, 0.05) is 38.9 Å². The molecule has 162 valence electrons. The third kappa shape index (κ3) is 4.22. The summed E-state index contributed by atoms with van der Waals surface area (Å²) in [5, 5.41) is 2.94. The zero-order valence-corrected chi connectivity index (χ0v) is 16.9. The van der Waals surface area contributed by atoms with Crippen molar-refractivity contribution in [1.29, 1.82) is 0 Å². The highest BCUT2D eigenvalue weighted by atomic mass is 19.2. The van der Waals surface area contributed by atoms with Crippen LogP contribution < -0.4 is 5.32 Å². The maximum absolute atomic E-state index is 14.5. The van der Waals surface area contributed by atoms with Gasteiger partial charge in [0.1, 0.15) is 11.6 Å². The predicted molar refractivity (Wildman–Crippen MR) is 104 cm³/mol. The summed E-state index contributed by atoms with van der Waals surface area (Å²) >= 11 is 0. The van der Waals surface area contributed by atoms with Crippen molar-refractivity contribution < 1.29 is 22.7 Å². The average Bonchev–Trinajstić information content (AvgIpc) is 2.95. The number of halogens is 3. The molecule has 6 nitrogen and oxygen atoms in total. The molecule has 3 heterocycles. The first-order chi connectivity index (χ1) is 14.4. The normalized spacial score (nSPS) is 18.1. The number of imidazole rings is 1. The molecule has 1 aromatic heterocycles. The molecular formula is C21H25F3N4O2. The van der Waals surface area contributed by atoms with Crippen LogP contribution in [0.2, 0.25) is 0 Å². The van der Waals surface area contributed by atoms with Crippen LogP contribution in [0.4, 0.5) is 13.2 Å². The van der Waals surface area contributed by atoms with E-state index in [-0.39, 0.29) is 23.0 Å². The molecule has 2 aliphatic heterocycles. The summed E-state index contributed by atoms with van der Waals surface area (Å²) in [7, 11) is 1.93. The average molecular weight is 422 g/mol. The number of ether oxygens (including phenoxy) is 1. The number of amides is 1. The molecule has 0 saturated carbocycles. The largest absolute Gasteiger partial charge is 0.381 e. The number of nitrogens with one attached hydrogen (secondary N) is 1. The number of carbonyl (C=O) groups is 1. The summed E-state index contributed by atoms with van der Waals surface area (Å²) in [5.41, 5.74) is 0.705. The minimum Gasteiger partial charge on any atom is -0.381 e. The van der Waals surface area contributed by atoms with E-state index in [0.29, 0.717) is 50.5 Å². The monoisotopic (exact) mass is 422 g/mol. The van der Waals surface area contributed by atoms with E-state index in [1.54, 1.807) is 4.57 Å². The Morgan fingerprint density at radius 3 is 2.67 bits per heavy atom. The van der Waals surface area contributed by atoms with Crippen LogP contribution in [0, 0.1) is 23.4 Å². The van der Waals surface area contributed by atoms with Crippen LogP contribution in [0.1, 0.15) is 35.4 Å². The number of aromatic nitrogens is 2. The van der Waals surface area contributed by atoms with E-state index in [9.17, 15) is 18.0 Å². The minimum absolute atomic E-state index is 0.146. The summed E-state index contributed by atoms with van der Waals surface area (Å²) in [6, 6.07) is 1.32. The summed E-state index contributed by atoms with van der Waals surface area (Å²) in [6.45, 7) is 3.64. The van der Waals surface area contributed by atoms with Crippen molar-refractivity contribution in [3.05, 3.63) is 41.0 Å². The number of benzene rings is 1. The molecule has 30 heavy (non-hydrogen) atoms. The van der Waals surface area contributed by atoms with Gasteiger partial charge in [-0.3, -0.25) is 4.79 Å². The number of nitrogens with zero attached hydrogens (tertiary/aromatic N) is 3. The van der Waals surface area contributed by atoms with Gasteiger partial charge in [-0.1, -0.05) is 0 Å². The van der Waals surface area contributed by atoms with Gasteiger partial charge in [-0.05, 0) is 44.8 Å². The Kier molecular flexibility index (Phi) is 6.10. The molecule has 9 heteroatoms. The molecular weight excluding hydrogens is 397 g/mol. The topological polar surface area (TPSA) is 59.4 Å². The molecule has 0 aliphatic carbocycles. The van der Waals surface area contributed by atoms with Crippen LogP contribution in [0.5, 0.6) is 0 Å². The lowest BCUT2D eigenvalue weighted by Gasteiger charge is -2.22. The second-order valence-electron chi connectivity index (χ2n) is 7.99. The third-order valence-electron chi connectivity index (χ3n) is 5.77. The zero-order chi connectivity index (χ0) is 21.3. The Bertz CT molecular complexity index is 941. The van der Waals surface area contributed by atoms with E-state index in [2.05, 4.69) is 15.2 Å². The SMILES string of the molecule is CN1CCCn2c(-c3cc(F)c(F)cc3F)nc(C(=O)NCC3CCOCC3)c2C1. The lowest BCUT2D eigenvalue weighted by Crippen LogP contribution is -2.33. The van der Waals surface area contributed by atoms with Gasteiger partial charge in [-0.15, -0.1) is 0 Å². The molecule has 1 aromatic carbocycles. The van der Waals surface area contributed by atoms with Gasteiger partial charge in [0.25, 0.3) is 5.91 Å². The van der Waals surface area contributed by atoms with Crippen LogP contribution in [0.15, 0.2) is 12.1 Å². The fourth-order valence-electron chi connectivity index (χ4n) is 4.07. The van der Waals surface area contributed by atoms with E-state index < -0.39 is 17.5 Å². The minimum atomic E-state index is -1.26. The predicted octanol–water partition coefficient (Wildman–Crippen LogP) is 2.96. The van der Waals surface area contributed by atoms with Crippen LogP contribution in [0.3, 0.4) is 0 Å². The second kappa shape index (κ2) is 8.77. The van der Waals surface area contributed by atoms with Gasteiger partial charge >= 0.3 is 0 Å². The van der Waals surface area contributed by atoms with Crippen molar-refractivity contribution in [2.45, 2.75) is 32.4 Å². The number of hydrogen-bond donors (Lipinski definition) is 1. The van der Waals surface area contributed by atoms with Gasteiger partial charge < -0.3 is 19.5 Å². The molecule has 0 atom stereocenters.